The molecule has 6 nitrogen and oxygen atoms in total. The third-order valence-corrected chi connectivity index (χ3v) is 4.53. The highest BCUT2D eigenvalue weighted by Crippen LogP contribution is 2.21. The van der Waals surface area contributed by atoms with Gasteiger partial charge in [-0.05, 0) is 25.5 Å². The van der Waals surface area contributed by atoms with Crippen LogP contribution in [-0.4, -0.2) is 72.2 Å². The SMILES string of the molecule is CC1CN(C(=O)CN2CCNCC2c2cccnc2)CC(C)O1.Cl. The van der Waals surface area contributed by atoms with E-state index in [1.807, 2.05) is 31.0 Å². The first-order valence-electron chi connectivity index (χ1n) is 8.41. The first-order chi connectivity index (χ1) is 11.1. The number of pyridine rings is 1. The van der Waals surface area contributed by atoms with Crippen molar-refractivity contribution in [2.45, 2.75) is 32.1 Å². The van der Waals surface area contributed by atoms with Gasteiger partial charge in [0.05, 0.1) is 18.8 Å². The zero-order chi connectivity index (χ0) is 16.2. The molecular formula is C17H27ClN4O2. The number of hydrogen-bond acceptors (Lipinski definition) is 5. The number of ether oxygens (including phenoxy) is 1. The first-order valence-corrected chi connectivity index (χ1v) is 8.41. The summed E-state index contributed by atoms with van der Waals surface area (Å²) in [6.07, 6.45) is 3.90. The Bertz CT molecular complexity index is 521. The maximum absolute atomic E-state index is 12.7. The molecule has 0 aliphatic carbocycles. The molecule has 3 heterocycles. The van der Waals surface area contributed by atoms with Gasteiger partial charge in [-0.3, -0.25) is 14.7 Å². The van der Waals surface area contributed by atoms with Gasteiger partial charge in [-0.25, -0.2) is 0 Å². The summed E-state index contributed by atoms with van der Waals surface area (Å²) in [6, 6.07) is 4.24. The lowest BCUT2D eigenvalue weighted by molar-refractivity contribution is -0.145. The third kappa shape index (κ3) is 4.66. The molecule has 1 aromatic rings. The van der Waals surface area contributed by atoms with Crippen molar-refractivity contribution in [2.75, 3.05) is 39.3 Å². The van der Waals surface area contributed by atoms with E-state index in [-0.39, 0.29) is 36.6 Å². The van der Waals surface area contributed by atoms with Gasteiger partial charge < -0.3 is 15.0 Å². The molecule has 1 N–H and O–H groups in total. The second kappa shape index (κ2) is 8.76. The molecule has 0 saturated carbocycles. The summed E-state index contributed by atoms with van der Waals surface area (Å²) in [6.45, 7) is 8.54. The van der Waals surface area contributed by atoms with Gasteiger partial charge in [0.15, 0.2) is 0 Å². The van der Waals surface area contributed by atoms with Crippen molar-refractivity contribution in [3.63, 3.8) is 0 Å². The molecule has 0 spiro atoms. The number of nitrogens with zero attached hydrogens (tertiary/aromatic N) is 3. The van der Waals surface area contributed by atoms with E-state index in [9.17, 15) is 4.79 Å². The van der Waals surface area contributed by atoms with Crippen LogP contribution >= 0.6 is 12.4 Å². The van der Waals surface area contributed by atoms with Crippen molar-refractivity contribution in [1.29, 1.82) is 0 Å². The lowest BCUT2D eigenvalue weighted by atomic mass is 10.1. The Balaban J connectivity index is 0.00000208. The van der Waals surface area contributed by atoms with Crippen molar-refractivity contribution in [2.24, 2.45) is 0 Å². The molecule has 2 aliphatic rings. The quantitative estimate of drug-likeness (QED) is 0.880. The maximum atomic E-state index is 12.7. The van der Waals surface area contributed by atoms with Crippen LogP contribution < -0.4 is 5.32 Å². The van der Waals surface area contributed by atoms with Gasteiger partial charge in [0, 0.05) is 51.2 Å². The van der Waals surface area contributed by atoms with Gasteiger partial charge in [-0.2, -0.15) is 0 Å². The van der Waals surface area contributed by atoms with Crippen LogP contribution in [0.4, 0.5) is 0 Å². The molecular weight excluding hydrogens is 328 g/mol. The van der Waals surface area contributed by atoms with Crippen molar-refractivity contribution in [1.82, 2.24) is 20.1 Å². The standard InChI is InChI=1S/C17H26N4O2.ClH/c1-13-10-21(11-14(2)23-13)17(22)12-20-7-6-19-9-16(20)15-4-3-5-18-8-15;/h3-5,8,13-14,16,19H,6-7,9-12H2,1-2H3;1H. The minimum atomic E-state index is 0. The van der Waals surface area contributed by atoms with Crippen molar-refractivity contribution >= 4 is 18.3 Å². The van der Waals surface area contributed by atoms with Crippen molar-refractivity contribution in [3.8, 4) is 0 Å². The average molecular weight is 355 g/mol. The molecule has 1 amide bonds. The third-order valence-electron chi connectivity index (χ3n) is 4.53. The minimum absolute atomic E-state index is 0. The number of carbonyl (C=O) groups is 1. The second-order valence-electron chi connectivity index (χ2n) is 6.53. The van der Waals surface area contributed by atoms with Gasteiger partial charge >= 0.3 is 0 Å². The molecule has 0 bridgehead atoms. The smallest absolute Gasteiger partial charge is 0.236 e. The van der Waals surface area contributed by atoms with Gasteiger partial charge in [0.2, 0.25) is 5.91 Å². The summed E-state index contributed by atoms with van der Waals surface area (Å²) >= 11 is 0. The Morgan fingerprint density at radius 3 is 2.79 bits per heavy atom. The molecule has 134 valence electrons. The van der Waals surface area contributed by atoms with Crippen LogP contribution in [0.3, 0.4) is 0 Å². The highest BCUT2D eigenvalue weighted by Gasteiger charge is 2.30. The molecule has 1 aromatic heterocycles. The van der Waals surface area contributed by atoms with Crippen molar-refractivity contribution in [3.05, 3.63) is 30.1 Å². The summed E-state index contributed by atoms with van der Waals surface area (Å²) in [4.78, 5) is 21.2. The molecule has 24 heavy (non-hydrogen) atoms. The van der Waals surface area contributed by atoms with Crippen LogP contribution in [0.1, 0.15) is 25.5 Å². The summed E-state index contributed by atoms with van der Waals surface area (Å²) in [5.41, 5.74) is 1.16. The van der Waals surface area contributed by atoms with E-state index < -0.39 is 0 Å². The number of piperazine rings is 1. The molecule has 7 heteroatoms. The lowest BCUT2D eigenvalue weighted by Crippen LogP contribution is -2.54. The zero-order valence-electron chi connectivity index (χ0n) is 14.4. The average Bonchev–Trinajstić information content (AvgIpc) is 2.55. The topological polar surface area (TPSA) is 57.7 Å². The van der Waals surface area contributed by atoms with E-state index >= 15 is 0 Å². The Hall–Kier alpha value is -1.21. The molecule has 3 rings (SSSR count). The van der Waals surface area contributed by atoms with E-state index in [1.165, 1.54) is 0 Å². The second-order valence-corrected chi connectivity index (χ2v) is 6.53. The molecule has 2 fully saturated rings. The fourth-order valence-electron chi connectivity index (χ4n) is 3.49. The lowest BCUT2D eigenvalue weighted by Gasteiger charge is -2.39. The monoisotopic (exact) mass is 354 g/mol. The van der Waals surface area contributed by atoms with E-state index in [1.54, 1.807) is 6.20 Å². The Kier molecular flexibility index (Phi) is 6.98. The number of amides is 1. The van der Waals surface area contributed by atoms with E-state index in [2.05, 4.69) is 21.3 Å². The molecule has 3 atom stereocenters. The minimum Gasteiger partial charge on any atom is -0.372 e. The summed E-state index contributed by atoms with van der Waals surface area (Å²) < 4.78 is 5.72. The number of hydrogen-bond donors (Lipinski definition) is 1. The number of carbonyl (C=O) groups excluding carboxylic acids is 1. The predicted molar refractivity (Wildman–Crippen MR) is 95.3 cm³/mol. The van der Waals surface area contributed by atoms with Gasteiger partial charge in [0.1, 0.15) is 0 Å². The molecule has 0 radical (unpaired) electrons. The van der Waals surface area contributed by atoms with Crippen molar-refractivity contribution < 1.29 is 9.53 Å². The van der Waals surface area contributed by atoms with Gasteiger partial charge in [-0.1, -0.05) is 6.07 Å². The van der Waals surface area contributed by atoms with E-state index in [0.29, 0.717) is 19.6 Å². The highest BCUT2D eigenvalue weighted by molar-refractivity contribution is 5.85. The van der Waals surface area contributed by atoms with Gasteiger partial charge in [-0.15, -0.1) is 12.4 Å². The van der Waals surface area contributed by atoms with Crippen LogP contribution in [0.25, 0.3) is 0 Å². The van der Waals surface area contributed by atoms with Crippen LogP contribution in [0.5, 0.6) is 0 Å². The van der Waals surface area contributed by atoms with Gasteiger partial charge in [0.25, 0.3) is 0 Å². The Morgan fingerprint density at radius 1 is 1.38 bits per heavy atom. The van der Waals surface area contributed by atoms with Crippen LogP contribution in [0.2, 0.25) is 0 Å². The highest BCUT2D eigenvalue weighted by atomic mass is 35.5. The largest absolute Gasteiger partial charge is 0.372 e. The van der Waals surface area contributed by atoms with E-state index in [0.717, 1.165) is 25.2 Å². The number of aromatic nitrogens is 1. The molecule has 2 aliphatic heterocycles. The molecule has 2 saturated heterocycles. The van der Waals surface area contributed by atoms with E-state index in [4.69, 9.17) is 4.74 Å². The summed E-state index contributed by atoms with van der Waals surface area (Å²) in [7, 11) is 0. The van der Waals surface area contributed by atoms with Crippen LogP contribution in [0, 0.1) is 0 Å². The predicted octanol–water partition coefficient (Wildman–Crippen LogP) is 1.09. The molecule has 0 aromatic carbocycles. The fourth-order valence-corrected chi connectivity index (χ4v) is 3.49. The first kappa shape index (κ1) is 19.1. The Labute approximate surface area is 150 Å². The number of halogens is 1. The summed E-state index contributed by atoms with van der Waals surface area (Å²) in [5, 5.41) is 3.42. The number of morpholine rings is 1. The van der Waals surface area contributed by atoms with Crippen LogP contribution in [0.15, 0.2) is 24.5 Å². The zero-order valence-corrected chi connectivity index (χ0v) is 15.2. The summed E-state index contributed by atoms with van der Waals surface area (Å²) in [5.74, 6) is 0.197. The normalized spacial score (nSPS) is 28.2. The Morgan fingerprint density at radius 2 is 2.12 bits per heavy atom. The maximum Gasteiger partial charge on any atom is 0.236 e. The fraction of sp³-hybridized carbons (Fsp3) is 0.647. The number of nitrogens with one attached hydrogen (secondary N) is 1. The molecule has 3 unspecified atom stereocenters. The van der Waals surface area contributed by atoms with Crippen LogP contribution in [-0.2, 0) is 9.53 Å². The number of rotatable bonds is 3.